The van der Waals surface area contributed by atoms with Crippen LogP contribution in [0.25, 0.3) is 5.69 Å². The third-order valence-corrected chi connectivity index (χ3v) is 4.70. The van der Waals surface area contributed by atoms with Crippen molar-refractivity contribution in [1.82, 2.24) is 24.6 Å². The summed E-state index contributed by atoms with van der Waals surface area (Å²) in [5.74, 6) is 1.81. The Kier molecular flexibility index (Phi) is 3.86. The molecule has 1 atom stereocenters. The van der Waals surface area contributed by atoms with Gasteiger partial charge in [-0.25, -0.2) is 9.67 Å². The maximum atomic E-state index is 4.77. The first-order valence-corrected chi connectivity index (χ1v) is 8.41. The molecule has 1 unspecified atom stereocenters. The van der Waals surface area contributed by atoms with E-state index in [0.29, 0.717) is 0 Å². The number of pyridine rings is 1. The van der Waals surface area contributed by atoms with Gasteiger partial charge in [0.05, 0.1) is 11.7 Å². The molecule has 0 saturated heterocycles. The zero-order chi connectivity index (χ0) is 16.5. The number of nitrogens with zero attached hydrogens (tertiary/aromatic N) is 5. The average molecular weight is 319 g/mol. The molecule has 0 amide bonds. The number of hydrogen-bond acceptors (Lipinski definition) is 4. The van der Waals surface area contributed by atoms with Gasteiger partial charge < -0.3 is 0 Å². The van der Waals surface area contributed by atoms with Crippen molar-refractivity contribution in [2.45, 2.75) is 32.9 Å². The lowest BCUT2D eigenvalue weighted by Gasteiger charge is -2.35. The predicted molar refractivity (Wildman–Crippen MR) is 92.9 cm³/mol. The molecule has 1 aromatic carbocycles. The van der Waals surface area contributed by atoms with Crippen molar-refractivity contribution in [3.8, 4) is 5.69 Å². The van der Waals surface area contributed by atoms with Crippen molar-refractivity contribution in [2.75, 3.05) is 6.54 Å². The van der Waals surface area contributed by atoms with Crippen LogP contribution in [0.5, 0.6) is 0 Å². The van der Waals surface area contributed by atoms with E-state index in [1.807, 2.05) is 23.7 Å². The van der Waals surface area contributed by atoms with Gasteiger partial charge in [-0.15, -0.1) is 0 Å². The lowest BCUT2D eigenvalue weighted by atomic mass is 9.93. The lowest BCUT2D eigenvalue weighted by Crippen LogP contribution is -2.35. The smallest absolute Gasteiger partial charge is 0.150 e. The fourth-order valence-corrected chi connectivity index (χ4v) is 3.49. The summed E-state index contributed by atoms with van der Waals surface area (Å²) in [6.07, 6.45) is 4.56. The molecule has 122 valence electrons. The quantitative estimate of drug-likeness (QED) is 0.744. The summed E-state index contributed by atoms with van der Waals surface area (Å²) in [6, 6.07) is 12.9. The summed E-state index contributed by atoms with van der Waals surface area (Å²) in [7, 11) is 0. The summed E-state index contributed by atoms with van der Waals surface area (Å²) in [4.78, 5) is 11.4. The molecule has 4 rings (SSSR count). The van der Waals surface area contributed by atoms with Gasteiger partial charge >= 0.3 is 0 Å². The minimum Gasteiger partial charge on any atom is -0.289 e. The number of aromatic nitrogens is 4. The number of likely N-dealkylation sites (N-methyl/N-ethyl adjacent to an activating group) is 1. The first kappa shape index (κ1) is 15.0. The normalized spacial score (nSPS) is 17.7. The Morgan fingerprint density at radius 2 is 1.83 bits per heavy atom. The molecule has 1 aliphatic rings. The van der Waals surface area contributed by atoms with Gasteiger partial charge in [-0.3, -0.25) is 9.88 Å². The molecule has 24 heavy (non-hydrogen) atoms. The molecule has 0 N–H and O–H groups in total. The second-order valence-electron chi connectivity index (χ2n) is 6.19. The van der Waals surface area contributed by atoms with E-state index in [1.165, 1.54) is 11.1 Å². The third kappa shape index (κ3) is 2.61. The fraction of sp³-hybridized carbons (Fsp3) is 0.316. The predicted octanol–water partition coefficient (Wildman–Crippen LogP) is 3.09. The van der Waals surface area contributed by atoms with E-state index in [1.54, 1.807) is 12.4 Å². The average Bonchev–Trinajstić information content (AvgIpc) is 3.03. The molecule has 0 aliphatic carbocycles. The van der Waals surface area contributed by atoms with Crippen LogP contribution < -0.4 is 0 Å². The van der Waals surface area contributed by atoms with Crippen LogP contribution in [-0.4, -0.2) is 31.2 Å². The van der Waals surface area contributed by atoms with E-state index in [2.05, 4.69) is 46.2 Å². The molecule has 0 saturated carbocycles. The second kappa shape index (κ2) is 6.17. The summed E-state index contributed by atoms with van der Waals surface area (Å²) < 4.78 is 1.97. The number of aryl methyl sites for hydroxylation is 1. The van der Waals surface area contributed by atoms with E-state index < -0.39 is 0 Å². The Hall–Kier alpha value is -2.53. The fourth-order valence-electron chi connectivity index (χ4n) is 3.49. The Bertz CT molecular complexity index is 840. The van der Waals surface area contributed by atoms with Gasteiger partial charge in [-0.05, 0) is 43.1 Å². The summed E-state index contributed by atoms with van der Waals surface area (Å²) >= 11 is 0. The highest BCUT2D eigenvalue weighted by atomic mass is 15.4. The SMILES string of the molecule is CCN1Cc2ccccc2CC1c1nc(C)nn1-c1ccncc1. The standard InChI is InChI=1S/C19H21N5/c1-3-23-13-16-7-5-4-6-15(16)12-18(23)19-21-14(2)22-24(19)17-8-10-20-11-9-17/h4-11,18H,3,12-13H2,1-2H3. The molecule has 0 spiro atoms. The number of hydrogen-bond donors (Lipinski definition) is 0. The van der Waals surface area contributed by atoms with Crippen molar-refractivity contribution < 1.29 is 0 Å². The van der Waals surface area contributed by atoms with E-state index in [4.69, 9.17) is 4.98 Å². The van der Waals surface area contributed by atoms with E-state index >= 15 is 0 Å². The van der Waals surface area contributed by atoms with Crippen molar-refractivity contribution in [3.05, 3.63) is 71.6 Å². The van der Waals surface area contributed by atoms with Crippen LogP contribution >= 0.6 is 0 Å². The highest BCUT2D eigenvalue weighted by Crippen LogP contribution is 2.33. The van der Waals surface area contributed by atoms with Crippen molar-refractivity contribution in [2.24, 2.45) is 0 Å². The molecule has 5 heteroatoms. The topological polar surface area (TPSA) is 46.8 Å². The van der Waals surface area contributed by atoms with Gasteiger partial charge in [-0.1, -0.05) is 31.2 Å². The first-order valence-electron chi connectivity index (χ1n) is 8.41. The van der Waals surface area contributed by atoms with Crippen LogP contribution in [0.4, 0.5) is 0 Å². The van der Waals surface area contributed by atoms with Gasteiger partial charge in [-0.2, -0.15) is 5.10 Å². The van der Waals surface area contributed by atoms with E-state index in [-0.39, 0.29) is 6.04 Å². The van der Waals surface area contributed by atoms with Crippen LogP contribution in [0.1, 0.15) is 35.7 Å². The van der Waals surface area contributed by atoms with Crippen molar-refractivity contribution in [3.63, 3.8) is 0 Å². The molecular weight excluding hydrogens is 298 g/mol. The molecule has 2 aromatic heterocycles. The van der Waals surface area contributed by atoms with Gasteiger partial charge in [0, 0.05) is 18.9 Å². The third-order valence-electron chi connectivity index (χ3n) is 4.70. The molecule has 5 nitrogen and oxygen atoms in total. The minimum absolute atomic E-state index is 0.235. The Labute approximate surface area is 142 Å². The van der Waals surface area contributed by atoms with Gasteiger partial charge in [0.25, 0.3) is 0 Å². The van der Waals surface area contributed by atoms with Gasteiger partial charge in [0.1, 0.15) is 11.6 Å². The van der Waals surface area contributed by atoms with Crippen LogP contribution in [0.3, 0.4) is 0 Å². The Morgan fingerprint density at radius 3 is 2.58 bits per heavy atom. The highest BCUT2D eigenvalue weighted by molar-refractivity contribution is 5.34. The Morgan fingerprint density at radius 1 is 1.08 bits per heavy atom. The van der Waals surface area contributed by atoms with Crippen molar-refractivity contribution in [1.29, 1.82) is 0 Å². The van der Waals surface area contributed by atoms with Crippen molar-refractivity contribution >= 4 is 0 Å². The summed E-state index contributed by atoms with van der Waals surface area (Å²) in [6.45, 7) is 6.11. The number of benzene rings is 1. The molecule has 0 radical (unpaired) electrons. The van der Waals surface area contributed by atoms with E-state index in [0.717, 1.165) is 36.8 Å². The monoisotopic (exact) mass is 319 g/mol. The number of rotatable bonds is 3. The molecule has 3 heterocycles. The molecule has 3 aromatic rings. The summed E-state index contributed by atoms with van der Waals surface area (Å²) in [5, 5.41) is 4.63. The maximum absolute atomic E-state index is 4.77. The maximum Gasteiger partial charge on any atom is 0.150 e. The molecular formula is C19H21N5. The largest absolute Gasteiger partial charge is 0.289 e. The molecule has 1 aliphatic heterocycles. The van der Waals surface area contributed by atoms with Crippen LogP contribution in [-0.2, 0) is 13.0 Å². The molecule has 0 bridgehead atoms. The number of fused-ring (bicyclic) bond motifs is 1. The first-order chi connectivity index (χ1) is 11.8. The minimum atomic E-state index is 0.235. The summed E-state index contributed by atoms with van der Waals surface area (Å²) in [5.41, 5.74) is 3.84. The van der Waals surface area contributed by atoms with Gasteiger partial charge in [0.2, 0.25) is 0 Å². The Balaban J connectivity index is 1.78. The second-order valence-corrected chi connectivity index (χ2v) is 6.19. The zero-order valence-electron chi connectivity index (χ0n) is 14.1. The van der Waals surface area contributed by atoms with Crippen LogP contribution in [0.15, 0.2) is 48.8 Å². The lowest BCUT2D eigenvalue weighted by molar-refractivity contribution is 0.172. The van der Waals surface area contributed by atoms with Gasteiger partial charge in [0.15, 0.2) is 0 Å². The van der Waals surface area contributed by atoms with Crippen LogP contribution in [0, 0.1) is 6.92 Å². The molecule has 0 fully saturated rings. The van der Waals surface area contributed by atoms with E-state index in [9.17, 15) is 0 Å². The zero-order valence-corrected chi connectivity index (χ0v) is 14.1. The highest BCUT2D eigenvalue weighted by Gasteiger charge is 2.30. The van der Waals surface area contributed by atoms with Crippen LogP contribution in [0.2, 0.25) is 0 Å².